The van der Waals surface area contributed by atoms with Crippen molar-refractivity contribution in [1.29, 1.82) is 0 Å². The summed E-state index contributed by atoms with van der Waals surface area (Å²) in [6, 6.07) is 6.02. The third-order valence-corrected chi connectivity index (χ3v) is 3.65. The molecular formula is C18H18N4O5. The molecule has 1 N–H and O–H groups in total. The molecule has 0 unspecified atom stereocenters. The number of nitro groups is 1. The van der Waals surface area contributed by atoms with Gasteiger partial charge < -0.3 is 9.15 Å². The van der Waals surface area contributed by atoms with Crippen LogP contribution in [0, 0.1) is 17.0 Å². The lowest BCUT2D eigenvalue weighted by Gasteiger charge is -2.19. The van der Waals surface area contributed by atoms with E-state index in [0.717, 1.165) is 0 Å². The Labute approximate surface area is 154 Å². The van der Waals surface area contributed by atoms with Gasteiger partial charge in [0.2, 0.25) is 5.71 Å². The fraction of sp³-hybridized carbons (Fsp3) is 0.278. The average Bonchev–Trinajstić information content (AvgIpc) is 2.90. The van der Waals surface area contributed by atoms with Crippen molar-refractivity contribution >= 4 is 28.7 Å². The van der Waals surface area contributed by atoms with Crippen molar-refractivity contribution in [1.82, 2.24) is 9.97 Å². The normalized spacial score (nSPS) is 11.4. The van der Waals surface area contributed by atoms with Crippen LogP contribution in [0.25, 0.3) is 22.2 Å². The van der Waals surface area contributed by atoms with Crippen LogP contribution in [0.4, 0.5) is 16.3 Å². The van der Waals surface area contributed by atoms with Crippen LogP contribution in [0.3, 0.4) is 0 Å². The van der Waals surface area contributed by atoms with Crippen LogP contribution in [0.2, 0.25) is 0 Å². The Morgan fingerprint density at radius 3 is 2.48 bits per heavy atom. The van der Waals surface area contributed by atoms with E-state index in [4.69, 9.17) is 9.15 Å². The summed E-state index contributed by atoms with van der Waals surface area (Å²) in [6.45, 7) is 7.01. The van der Waals surface area contributed by atoms with Crippen molar-refractivity contribution in [2.45, 2.75) is 33.3 Å². The van der Waals surface area contributed by atoms with E-state index in [1.54, 1.807) is 39.8 Å². The van der Waals surface area contributed by atoms with Gasteiger partial charge in [0.15, 0.2) is 5.82 Å². The fourth-order valence-corrected chi connectivity index (χ4v) is 2.64. The largest absolute Gasteiger partial charge is 0.444 e. The lowest BCUT2D eigenvalue weighted by molar-refractivity contribution is -0.384. The van der Waals surface area contributed by atoms with Crippen LogP contribution in [0.5, 0.6) is 0 Å². The lowest BCUT2D eigenvalue weighted by atomic mass is 10.0. The Morgan fingerprint density at radius 1 is 1.22 bits per heavy atom. The molecule has 27 heavy (non-hydrogen) atoms. The minimum Gasteiger partial charge on any atom is -0.444 e. The zero-order chi connectivity index (χ0) is 19.8. The number of nitrogens with one attached hydrogen (secondary N) is 1. The lowest BCUT2D eigenvalue weighted by Crippen LogP contribution is -2.27. The standard InChI is InChI=1S/C18H18N4O5/c1-10-13(11-5-7-12(8-6-11)22(24)25)14-15(19-9-20-16(14)26-10)21-17(23)27-18(2,3)4/h5-9H,1-4H3,(H,19,20,21,23). The van der Waals surface area contributed by atoms with Crippen molar-refractivity contribution < 1.29 is 18.9 Å². The molecule has 0 atom stereocenters. The summed E-state index contributed by atoms with van der Waals surface area (Å²) in [7, 11) is 0. The maximum Gasteiger partial charge on any atom is 0.413 e. The minimum absolute atomic E-state index is 0.0208. The van der Waals surface area contributed by atoms with Gasteiger partial charge in [-0.05, 0) is 45.4 Å². The van der Waals surface area contributed by atoms with Gasteiger partial charge in [0.1, 0.15) is 17.7 Å². The molecule has 0 aliphatic carbocycles. The van der Waals surface area contributed by atoms with Gasteiger partial charge in [0, 0.05) is 17.7 Å². The molecule has 9 heteroatoms. The Kier molecular flexibility index (Phi) is 4.52. The summed E-state index contributed by atoms with van der Waals surface area (Å²) < 4.78 is 10.9. The molecule has 0 fully saturated rings. The number of carbonyl (C=O) groups excluding carboxylic acids is 1. The predicted molar refractivity (Wildman–Crippen MR) is 98.5 cm³/mol. The van der Waals surface area contributed by atoms with E-state index in [2.05, 4.69) is 15.3 Å². The first-order valence-electron chi connectivity index (χ1n) is 8.14. The zero-order valence-electron chi connectivity index (χ0n) is 15.3. The van der Waals surface area contributed by atoms with Crippen LogP contribution in [0.15, 0.2) is 35.0 Å². The number of benzene rings is 1. The van der Waals surface area contributed by atoms with E-state index in [1.807, 2.05) is 0 Å². The number of nitro benzene ring substituents is 1. The van der Waals surface area contributed by atoms with Crippen molar-refractivity contribution in [2.24, 2.45) is 0 Å². The summed E-state index contributed by atoms with van der Waals surface area (Å²) in [6.07, 6.45) is 0.619. The van der Waals surface area contributed by atoms with E-state index < -0.39 is 16.6 Å². The van der Waals surface area contributed by atoms with Crippen LogP contribution in [-0.2, 0) is 4.74 Å². The summed E-state index contributed by atoms with van der Waals surface area (Å²) in [5.74, 6) is 0.783. The highest BCUT2D eigenvalue weighted by atomic mass is 16.6. The number of furan rings is 1. The molecule has 2 aromatic heterocycles. The Hall–Kier alpha value is -3.49. The smallest absolute Gasteiger partial charge is 0.413 e. The fourth-order valence-electron chi connectivity index (χ4n) is 2.64. The quantitative estimate of drug-likeness (QED) is 0.534. The molecule has 1 aromatic carbocycles. The van der Waals surface area contributed by atoms with E-state index >= 15 is 0 Å². The molecule has 3 aromatic rings. The summed E-state index contributed by atoms with van der Waals surface area (Å²) in [5.41, 5.74) is 0.934. The van der Waals surface area contributed by atoms with Crippen LogP contribution < -0.4 is 5.32 Å². The Morgan fingerprint density at radius 2 is 1.89 bits per heavy atom. The number of non-ortho nitro benzene ring substituents is 1. The first-order chi connectivity index (χ1) is 12.7. The highest BCUT2D eigenvalue weighted by Crippen LogP contribution is 2.37. The molecule has 0 saturated heterocycles. The Bertz CT molecular complexity index is 1020. The van der Waals surface area contributed by atoms with Gasteiger partial charge in [-0.25, -0.2) is 14.8 Å². The van der Waals surface area contributed by atoms with E-state index in [0.29, 0.717) is 28.0 Å². The number of nitrogens with zero attached hydrogens (tertiary/aromatic N) is 3. The van der Waals surface area contributed by atoms with Gasteiger partial charge in [0.05, 0.1) is 10.3 Å². The van der Waals surface area contributed by atoms with Gasteiger partial charge in [-0.3, -0.25) is 15.4 Å². The Balaban J connectivity index is 2.07. The average molecular weight is 370 g/mol. The second-order valence-corrected chi connectivity index (χ2v) is 6.87. The van der Waals surface area contributed by atoms with E-state index in [9.17, 15) is 14.9 Å². The zero-order valence-corrected chi connectivity index (χ0v) is 15.3. The maximum atomic E-state index is 12.1. The molecule has 0 aliphatic rings. The van der Waals surface area contributed by atoms with Crippen LogP contribution in [0.1, 0.15) is 26.5 Å². The molecule has 9 nitrogen and oxygen atoms in total. The molecule has 140 valence electrons. The second-order valence-electron chi connectivity index (χ2n) is 6.87. The van der Waals surface area contributed by atoms with E-state index in [1.165, 1.54) is 18.5 Å². The number of amides is 1. The number of aromatic nitrogens is 2. The van der Waals surface area contributed by atoms with Crippen molar-refractivity contribution in [2.75, 3.05) is 5.32 Å². The molecule has 0 saturated carbocycles. The molecule has 0 bridgehead atoms. The summed E-state index contributed by atoms with van der Waals surface area (Å²) in [5, 5.41) is 14.0. The van der Waals surface area contributed by atoms with Crippen molar-refractivity contribution in [3.8, 4) is 11.1 Å². The monoisotopic (exact) mass is 370 g/mol. The number of rotatable bonds is 3. The number of aryl methyl sites for hydroxylation is 1. The number of carbonyl (C=O) groups is 1. The van der Waals surface area contributed by atoms with Crippen molar-refractivity contribution in [3.05, 3.63) is 46.5 Å². The first-order valence-corrected chi connectivity index (χ1v) is 8.14. The molecular weight excluding hydrogens is 352 g/mol. The molecule has 1 amide bonds. The third kappa shape index (κ3) is 3.86. The topological polar surface area (TPSA) is 120 Å². The van der Waals surface area contributed by atoms with Gasteiger partial charge in [-0.15, -0.1) is 0 Å². The van der Waals surface area contributed by atoms with Gasteiger partial charge in [0.25, 0.3) is 5.69 Å². The number of hydrogen-bond acceptors (Lipinski definition) is 7. The minimum atomic E-state index is -0.663. The van der Waals surface area contributed by atoms with Gasteiger partial charge >= 0.3 is 6.09 Å². The number of hydrogen-bond donors (Lipinski definition) is 1. The predicted octanol–water partition coefficient (Wildman–Crippen LogP) is 4.45. The summed E-state index contributed by atoms with van der Waals surface area (Å²) in [4.78, 5) is 30.8. The second kappa shape index (κ2) is 6.67. The highest BCUT2D eigenvalue weighted by molar-refractivity contribution is 6.04. The molecule has 3 rings (SSSR count). The SMILES string of the molecule is Cc1oc2ncnc(NC(=O)OC(C)(C)C)c2c1-c1ccc([N+](=O)[O-])cc1. The van der Waals surface area contributed by atoms with Gasteiger partial charge in [-0.2, -0.15) is 0 Å². The third-order valence-electron chi connectivity index (χ3n) is 3.65. The van der Waals surface area contributed by atoms with Crippen LogP contribution >= 0.6 is 0 Å². The van der Waals surface area contributed by atoms with Crippen LogP contribution in [-0.4, -0.2) is 26.6 Å². The van der Waals surface area contributed by atoms with Crippen molar-refractivity contribution in [3.63, 3.8) is 0 Å². The molecule has 0 aliphatic heterocycles. The van der Waals surface area contributed by atoms with E-state index in [-0.39, 0.29) is 11.5 Å². The molecule has 0 spiro atoms. The first kappa shape index (κ1) is 18.3. The number of ether oxygens (including phenoxy) is 1. The number of anilines is 1. The highest BCUT2D eigenvalue weighted by Gasteiger charge is 2.22. The maximum absolute atomic E-state index is 12.1. The number of fused-ring (bicyclic) bond motifs is 1. The molecule has 2 heterocycles. The summed E-state index contributed by atoms with van der Waals surface area (Å²) >= 11 is 0. The molecule has 0 radical (unpaired) electrons. The van der Waals surface area contributed by atoms with Gasteiger partial charge in [-0.1, -0.05) is 0 Å².